The van der Waals surface area contributed by atoms with Crippen molar-refractivity contribution in [3.63, 3.8) is 0 Å². The SMILES string of the molecule is CCOc1ccc([C@H]2C(=C(O)c3ccc4c(c3)C[C@@H](C)O4)C(=O)C(=O)N2c2nc3ccc(OC)cc3s2)cc1OC. The van der Waals surface area contributed by atoms with Crippen molar-refractivity contribution in [2.24, 2.45) is 0 Å². The van der Waals surface area contributed by atoms with Crippen molar-refractivity contribution < 1.29 is 33.6 Å². The Hall–Kier alpha value is -4.57. The van der Waals surface area contributed by atoms with E-state index in [0.29, 0.717) is 52.1 Å². The second-order valence-electron chi connectivity index (χ2n) is 9.80. The van der Waals surface area contributed by atoms with Crippen LogP contribution in [0.1, 0.15) is 36.6 Å². The molecule has 0 aliphatic carbocycles. The van der Waals surface area contributed by atoms with Crippen LogP contribution in [0, 0.1) is 0 Å². The molecule has 2 aliphatic heterocycles. The van der Waals surface area contributed by atoms with E-state index in [9.17, 15) is 14.7 Å². The quantitative estimate of drug-likeness (QED) is 0.172. The Bertz CT molecular complexity index is 1730. The largest absolute Gasteiger partial charge is 0.507 e. The summed E-state index contributed by atoms with van der Waals surface area (Å²) >= 11 is 1.26. The average molecular weight is 573 g/mol. The van der Waals surface area contributed by atoms with Crippen LogP contribution in [0.25, 0.3) is 16.0 Å². The molecule has 1 saturated heterocycles. The number of fused-ring (bicyclic) bond motifs is 2. The van der Waals surface area contributed by atoms with Gasteiger partial charge in [-0.05, 0) is 73.5 Å². The number of hydrogen-bond acceptors (Lipinski definition) is 9. The molecule has 2 atom stereocenters. The molecule has 0 radical (unpaired) electrons. The lowest BCUT2D eigenvalue weighted by Gasteiger charge is -2.24. The second-order valence-corrected chi connectivity index (χ2v) is 10.8. The van der Waals surface area contributed by atoms with Crippen LogP contribution >= 0.6 is 11.3 Å². The summed E-state index contributed by atoms with van der Waals surface area (Å²) in [5, 5.41) is 11.9. The van der Waals surface area contributed by atoms with Gasteiger partial charge in [-0.1, -0.05) is 17.4 Å². The van der Waals surface area contributed by atoms with Crippen LogP contribution in [0.2, 0.25) is 0 Å². The number of rotatable bonds is 7. The van der Waals surface area contributed by atoms with Gasteiger partial charge >= 0.3 is 5.91 Å². The lowest BCUT2D eigenvalue weighted by molar-refractivity contribution is -0.132. The number of nitrogens with zero attached hydrogens (tertiary/aromatic N) is 2. The number of hydrogen-bond donors (Lipinski definition) is 1. The Balaban J connectivity index is 1.54. The van der Waals surface area contributed by atoms with Crippen molar-refractivity contribution in [2.75, 3.05) is 25.7 Å². The van der Waals surface area contributed by atoms with E-state index in [1.807, 2.05) is 19.9 Å². The molecule has 1 aromatic heterocycles. The van der Waals surface area contributed by atoms with E-state index in [4.69, 9.17) is 18.9 Å². The van der Waals surface area contributed by atoms with Crippen LogP contribution in [-0.2, 0) is 16.0 Å². The molecule has 3 heterocycles. The first-order chi connectivity index (χ1) is 19.8. The van der Waals surface area contributed by atoms with Crippen molar-refractivity contribution in [3.8, 4) is 23.0 Å². The van der Waals surface area contributed by atoms with Crippen molar-refractivity contribution in [1.82, 2.24) is 4.98 Å². The van der Waals surface area contributed by atoms with Crippen molar-refractivity contribution in [3.05, 3.63) is 76.9 Å². The lowest BCUT2D eigenvalue weighted by Crippen LogP contribution is -2.29. The Morgan fingerprint density at radius 1 is 1.07 bits per heavy atom. The van der Waals surface area contributed by atoms with Gasteiger partial charge in [0.2, 0.25) is 0 Å². The van der Waals surface area contributed by atoms with Crippen LogP contribution in [-0.4, -0.2) is 48.7 Å². The number of anilines is 1. The molecule has 2 aliphatic rings. The molecule has 3 aromatic carbocycles. The maximum atomic E-state index is 13.7. The lowest BCUT2D eigenvalue weighted by atomic mass is 9.94. The minimum atomic E-state index is -0.967. The Morgan fingerprint density at radius 3 is 2.66 bits per heavy atom. The highest BCUT2D eigenvalue weighted by Gasteiger charge is 2.48. The van der Waals surface area contributed by atoms with Gasteiger partial charge in [-0.3, -0.25) is 14.5 Å². The Kier molecular flexibility index (Phi) is 6.78. The van der Waals surface area contributed by atoms with Gasteiger partial charge in [-0.25, -0.2) is 4.98 Å². The smallest absolute Gasteiger partial charge is 0.301 e. The molecule has 9 nitrogen and oxygen atoms in total. The third-order valence-electron chi connectivity index (χ3n) is 7.21. The summed E-state index contributed by atoms with van der Waals surface area (Å²) in [4.78, 5) is 33.4. The molecule has 41 heavy (non-hydrogen) atoms. The summed E-state index contributed by atoms with van der Waals surface area (Å²) in [5.74, 6) is 0.498. The molecule has 0 bridgehead atoms. The highest BCUT2D eigenvalue weighted by atomic mass is 32.1. The van der Waals surface area contributed by atoms with Gasteiger partial charge in [-0.2, -0.15) is 0 Å². The fourth-order valence-electron chi connectivity index (χ4n) is 5.32. The van der Waals surface area contributed by atoms with E-state index < -0.39 is 17.7 Å². The van der Waals surface area contributed by atoms with Gasteiger partial charge in [-0.15, -0.1) is 0 Å². The third kappa shape index (κ3) is 4.54. The van der Waals surface area contributed by atoms with Gasteiger partial charge < -0.3 is 24.1 Å². The van der Waals surface area contributed by atoms with Gasteiger partial charge in [0.1, 0.15) is 23.4 Å². The van der Waals surface area contributed by atoms with Crippen molar-refractivity contribution >= 4 is 44.1 Å². The van der Waals surface area contributed by atoms with Crippen LogP contribution in [0.15, 0.2) is 60.2 Å². The average Bonchev–Trinajstić information content (AvgIpc) is 3.64. The Morgan fingerprint density at radius 2 is 1.90 bits per heavy atom. The molecule has 1 fully saturated rings. The molecule has 1 N–H and O–H groups in total. The molecular weight excluding hydrogens is 544 g/mol. The molecule has 0 saturated carbocycles. The number of Topliss-reactive ketones (excluding diaryl/α,β-unsaturated/α-hetero) is 1. The number of ketones is 1. The first kappa shape index (κ1) is 26.6. The number of ether oxygens (including phenoxy) is 4. The number of aromatic nitrogens is 1. The first-order valence-corrected chi connectivity index (χ1v) is 14.0. The minimum absolute atomic E-state index is 0.0157. The summed E-state index contributed by atoms with van der Waals surface area (Å²) in [6.45, 7) is 4.27. The maximum Gasteiger partial charge on any atom is 0.301 e. The second kappa shape index (κ2) is 10.4. The number of carbonyl (C=O) groups excluding carboxylic acids is 2. The highest BCUT2D eigenvalue weighted by Crippen LogP contribution is 2.46. The molecule has 10 heteroatoms. The van der Waals surface area contributed by atoms with Gasteiger partial charge in [0, 0.05) is 12.0 Å². The van der Waals surface area contributed by atoms with Crippen LogP contribution < -0.4 is 23.8 Å². The fraction of sp³-hybridized carbons (Fsp3) is 0.258. The van der Waals surface area contributed by atoms with Gasteiger partial charge in [0.25, 0.3) is 5.78 Å². The van der Waals surface area contributed by atoms with E-state index in [2.05, 4.69) is 4.98 Å². The Labute approximate surface area is 240 Å². The van der Waals surface area contributed by atoms with E-state index in [1.54, 1.807) is 55.6 Å². The summed E-state index contributed by atoms with van der Waals surface area (Å²) in [5.41, 5.74) is 2.53. The number of carbonyl (C=O) groups is 2. The van der Waals surface area contributed by atoms with Crippen molar-refractivity contribution in [1.29, 1.82) is 0 Å². The molecule has 1 amide bonds. The summed E-state index contributed by atoms with van der Waals surface area (Å²) in [6, 6.07) is 14.9. The van der Waals surface area contributed by atoms with Crippen LogP contribution in [0.5, 0.6) is 23.0 Å². The van der Waals surface area contributed by atoms with E-state index in [-0.39, 0.29) is 17.4 Å². The predicted molar refractivity (Wildman–Crippen MR) is 155 cm³/mol. The number of aliphatic hydroxyl groups is 1. The van der Waals surface area contributed by atoms with Crippen LogP contribution in [0.4, 0.5) is 5.13 Å². The molecule has 210 valence electrons. The zero-order valence-corrected chi connectivity index (χ0v) is 23.8. The van der Waals surface area contributed by atoms with Gasteiger partial charge in [0.15, 0.2) is 16.6 Å². The zero-order valence-electron chi connectivity index (χ0n) is 23.0. The minimum Gasteiger partial charge on any atom is -0.507 e. The topological polar surface area (TPSA) is 107 Å². The molecule has 0 unspecified atom stereocenters. The first-order valence-electron chi connectivity index (χ1n) is 13.2. The van der Waals surface area contributed by atoms with Crippen LogP contribution in [0.3, 0.4) is 0 Å². The molecule has 6 rings (SSSR count). The van der Waals surface area contributed by atoms with Crippen molar-refractivity contribution in [2.45, 2.75) is 32.4 Å². The summed E-state index contributed by atoms with van der Waals surface area (Å²) in [7, 11) is 3.10. The maximum absolute atomic E-state index is 13.7. The fourth-order valence-corrected chi connectivity index (χ4v) is 6.34. The molecular formula is C31H28N2O7S. The van der Waals surface area contributed by atoms with E-state index in [0.717, 1.165) is 16.0 Å². The zero-order chi connectivity index (χ0) is 28.8. The summed E-state index contributed by atoms with van der Waals surface area (Å²) < 4.78 is 23.2. The normalized spacial score (nSPS) is 19.4. The standard InChI is InChI=1S/C31H28N2O7S/c1-5-39-23-11-6-17(14-24(23)38-4)27-26(28(34)18-7-10-22-19(13-18)12-16(2)40-22)29(35)30(36)33(27)31-32-21-9-8-20(37-3)15-25(21)41-31/h6-11,13-16,27,34H,5,12H2,1-4H3/t16-,27+/m1/s1. The number of benzene rings is 3. The number of thiazole rings is 1. The predicted octanol–water partition coefficient (Wildman–Crippen LogP) is 5.66. The van der Waals surface area contributed by atoms with E-state index in [1.165, 1.54) is 23.3 Å². The highest BCUT2D eigenvalue weighted by molar-refractivity contribution is 7.22. The number of methoxy groups -OCH3 is 2. The monoisotopic (exact) mass is 572 g/mol. The third-order valence-corrected chi connectivity index (χ3v) is 8.22. The number of aliphatic hydroxyl groups excluding tert-OH is 1. The van der Waals surface area contributed by atoms with Gasteiger partial charge in [0.05, 0.1) is 42.7 Å². The molecule has 0 spiro atoms. The summed E-state index contributed by atoms with van der Waals surface area (Å²) in [6.07, 6.45) is 0.696. The number of amides is 1. The molecule has 4 aromatic rings. The van der Waals surface area contributed by atoms with E-state index >= 15 is 0 Å².